The summed E-state index contributed by atoms with van der Waals surface area (Å²) >= 11 is 14.4. The number of hydrogen-bond donors (Lipinski definition) is 1. The molecule has 0 atom stereocenters. The minimum absolute atomic E-state index is 0. The molecular formula is C2H5Cl4KO. The molecule has 0 bridgehead atoms. The molecule has 0 saturated carbocycles. The van der Waals surface area contributed by atoms with Crippen molar-refractivity contribution < 1.29 is 68.9 Å². The molecule has 0 aromatic carbocycles. The zero-order valence-electron chi connectivity index (χ0n) is 4.54. The van der Waals surface area contributed by atoms with E-state index in [0.29, 0.717) is 0 Å². The Bertz CT molecular complexity index is 18.8. The Morgan fingerprint density at radius 3 is 1.12 bits per heavy atom. The molecule has 1 N–H and O–H groups in total. The van der Waals surface area contributed by atoms with Crippen LogP contribution in [0, 0.1) is 0 Å². The second kappa shape index (κ2) is 22.6. The maximum absolute atomic E-state index is 7.00. The van der Waals surface area contributed by atoms with E-state index in [9.17, 15) is 0 Å². The summed E-state index contributed by atoms with van der Waals surface area (Å²) in [7, 11) is 1.00. The van der Waals surface area contributed by atoms with Crippen LogP contribution in [0.15, 0.2) is 0 Å². The molecule has 0 radical (unpaired) electrons. The predicted molar refractivity (Wildman–Crippen MR) is 29.5 cm³/mol. The molecule has 0 aliphatic heterocycles. The van der Waals surface area contributed by atoms with Gasteiger partial charge in [0.2, 0.25) is 0 Å². The molecule has 0 spiro atoms. The van der Waals surface area contributed by atoms with Crippen LogP contribution in [0.1, 0.15) is 0 Å². The molecule has 0 heterocycles. The number of hydrogen-bond acceptors (Lipinski definition) is 1. The molecule has 0 fully saturated rings. The number of aliphatic hydroxyl groups is 1. The summed E-state index contributed by atoms with van der Waals surface area (Å²) in [6.07, 6.45) is 0. The van der Waals surface area contributed by atoms with E-state index < -0.39 is 4.30 Å². The quantitative estimate of drug-likeness (QED) is 0.326. The second-order valence-electron chi connectivity index (χ2n) is 0.247. The monoisotopic (exact) mass is 224 g/mol. The van der Waals surface area contributed by atoms with Crippen molar-refractivity contribution in [1.29, 1.82) is 0 Å². The summed E-state index contributed by atoms with van der Waals surface area (Å²) in [4.78, 5) is 0. The summed E-state index contributed by atoms with van der Waals surface area (Å²) in [5, 5.41) is 7.00. The van der Waals surface area contributed by atoms with Crippen LogP contribution in [0.5, 0.6) is 0 Å². The van der Waals surface area contributed by atoms with Crippen molar-refractivity contribution in [1.82, 2.24) is 0 Å². The molecule has 6 heteroatoms. The molecule has 0 unspecified atom stereocenters. The van der Waals surface area contributed by atoms with Crippen LogP contribution in [0.2, 0.25) is 0 Å². The average Bonchev–Trinajstić information content (AvgIpc) is 1.41. The fraction of sp³-hybridized carbons (Fsp3) is 1.00. The van der Waals surface area contributed by atoms with Gasteiger partial charge in [-0.25, -0.2) is 0 Å². The first-order chi connectivity index (χ1) is 2.73. The molecule has 0 aliphatic carbocycles. The van der Waals surface area contributed by atoms with Gasteiger partial charge in [0.1, 0.15) is 0 Å². The normalized spacial score (nSPS) is 5.25. The van der Waals surface area contributed by atoms with Gasteiger partial charge in [-0.05, 0) is 0 Å². The van der Waals surface area contributed by atoms with Crippen LogP contribution < -0.4 is 63.8 Å². The van der Waals surface area contributed by atoms with Gasteiger partial charge in [-0.3, -0.25) is 0 Å². The Morgan fingerprint density at radius 1 is 1.12 bits per heavy atom. The van der Waals surface area contributed by atoms with Crippen molar-refractivity contribution in [2.75, 3.05) is 7.11 Å². The third kappa shape index (κ3) is 69.3. The number of alkyl halides is 3. The van der Waals surface area contributed by atoms with Crippen LogP contribution in [-0.4, -0.2) is 16.5 Å². The molecule has 48 valence electrons. The van der Waals surface area contributed by atoms with Crippen molar-refractivity contribution in [2.24, 2.45) is 0 Å². The Kier molecular flexibility index (Phi) is 63.3. The summed E-state index contributed by atoms with van der Waals surface area (Å²) in [6.45, 7) is 0. The van der Waals surface area contributed by atoms with Crippen LogP contribution in [0.4, 0.5) is 0 Å². The van der Waals surface area contributed by atoms with E-state index in [1.165, 1.54) is 0 Å². The van der Waals surface area contributed by atoms with Crippen LogP contribution in [0.25, 0.3) is 0 Å². The van der Waals surface area contributed by atoms with Crippen molar-refractivity contribution >= 4 is 34.8 Å². The zero-order chi connectivity index (χ0) is 5.58. The molecule has 0 aliphatic rings. The summed E-state index contributed by atoms with van der Waals surface area (Å²) < 4.78 is -0.750. The van der Waals surface area contributed by atoms with Gasteiger partial charge in [0, 0.05) is 7.11 Å². The summed E-state index contributed by atoms with van der Waals surface area (Å²) in [6, 6.07) is 0. The molecule has 0 aromatic rings. The zero-order valence-corrected chi connectivity index (χ0v) is 10.7. The topological polar surface area (TPSA) is 20.2 Å². The van der Waals surface area contributed by atoms with Gasteiger partial charge in [-0.1, -0.05) is 34.8 Å². The Balaban J connectivity index is -0.0000000183. The largest absolute Gasteiger partial charge is 1.00 e. The average molecular weight is 226 g/mol. The molecule has 0 rings (SSSR count). The molecule has 0 amide bonds. The van der Waals surface area contributed by atoms with E-state index in [2.05, 4.69) is 0 Å². The van der Waals surface area contributed by atoms with Crippen LogP contribution in [0.3, 0.4) is 0 Å². The molecular weight excluding hydrogens is 221 g/mol. The van der Waals surface area contributed by atoms with Gasteiger partial charge >= 0.3 is 51.4 Å². The Hall–Kier alpha value is 2.76. The van der Waals surface area contributed by atoms with Gasteiger partial charge in [0.25, 0.3) is 0 Å². The van der Waals surface area contributed by atoms with Gasteiger partial charge in [-0.15, -0.1) is 0 Å². The van der Waals surface area contributed by atoms with E-state index in [-0.39, 0.29) is 63.8 Å². The van der Waals surface area contributed by atoms with E-state index in [0.717, 1.165) is 7.11 Å². The molecule has 1 nitrogen and oxygen atoms in total. The van der Waals surface area contributed by atoms with Gasteiger partial charge in [0.15, 0.2) is 4.30 Å². The first-order valence-corrected chi connectivity index (χ1v) is 2.41. The second-order valence-corrected chi connectivity index (χ2v) is 2.23. The van der Waals surface area contributed by atoms with Crippen LogP contribution in [-0.2, 0) is 0 Å². The minimum Gasteiger partial charge on any atom is -1.00 e. The fourth-order valence-corrected chi connectivity index (χ4v) is 0. The Labute approximate surface area is 113 Å². The van der Waals surface area contributed by atoms with Crippen molar-refractivity contribution in [3.8, 4) is 0 Å². The van der Waals surface area contributed by atoms with Gasteiger partial charge in [-0.2, -0.15) is 0 Å². The molecule has 0 aromatic heterocycles. The van der Waals surface area contributed by atoms with E-state index in [1.807, 2.05) is 0 Å². The SMILES string of the molecule is CO.ClC(Cl)Cl.[Cl-].[K+]. The first-order valence-electron chi connectivity index (χ1n) is 1.10. The van der Waals surface area contributed by atoms with Gasteiger partial charge < -0.3 is 17.5 Å². The molecule has 0 saturated heterocycles. The number of aliphatic hydroxyl groups excluding tert-OH is 1. The standard InChI is InChI=1S/CHCl3.CH4O.ClH.K/c2-1(3)4;1-2;;/h1H;2H,1H3;1H;/q;;;+1/p-1. The summed E-state index contributed by atoms with van der Waals surface area (Å²) in [5.74, 6) is 0. The minimum atomic E-state index is -0.750. The maximum Gasteiger partial charge on any atom is 1.00 e. The van der Waals surface area contributed by atoms with Crippen LogP contribution >= 0.6 is 34.8 Å². The van der Waals surface area contributed by atoms with E-state index >= 15 is 0 Å². The molecule has 8 heavy (non-hydrogen) atoms. The maximum atomic E-state index is 7.00. The smallest absolute Gasteiger partial charge is 1.00 e. The fourth-order valence-electron chi connectivity index (χ4n) is 0. The number of halogens is 4. The van der Waals surface area contributed by atoms with Gasteiger partial charge in [0.05, 0.1) is 0 Å². The van der Waals surface area contributed by atoms with Crippen molar-refractivity contribution in [3.05, 3.63) is 0 Å². The van der Waals surface area contributed by atoms with E-state index in [1.54, 1.807) is 0 Å². The predicted octanol–water partition coefficient (Wildman–Crippen LogP) is -4.40. The van der Waals surface area contributed by atoms with Crippen molar-refractivity contribution in [2.45, 2.75) is 4.30 Å². The third-order valence-electron chi connectivity index (χ3n) is 0. The Morgan fingerprint density at radius 2 is 1.12 bits per heavy atom. The number of rotatable bonds is 0. The third-order valence-corrected chi connectivity index (χ3v) is 0. The van der Waals surface area contributed by atoms with Crippen molar-refractivity contribution in [3.63, 3.8) is 0 Å². The first kappa shape index (κ1) is 22.4. The summed E-state index contributed by atoms with van der Waals surface area (Å²) in [5.41, 5.74) is 0. The van der Waals surface area contributed by atoms with E-state index in [4.69, 9.17) is 39.9 Å².